The maximum atomic E-state index is 13.1. The van der Waals surface area contributed by atoms with Crippen molar-refractivity contribution in [2.75, 3.05) is 37.6 Å². The van der Waals surface area contributed by atoms with Gasteiger partial charge in [-0.05, 0) is 18.2 Å². The number of thiazole rings is 1. The van der Waals surface area contributed by atoms with Gasteiger partial charge in [0.15, 0.2) is 4.96 Å². The van der Waals surface area contributed by atoms with Gasteiger partial charge in [0.25, 0.3) is 5.56 Å². The van der Waals surface area contributed by atoms with Crippen molar-refractivity contribution in [3.05, 3.63) is 63.0 Å². The van der Waals surface area contributed by atoms with Crippen LogP contribution in [0.25, 0.3) is 4.96 Å². The summed E-state index contributed by atoms with van der Waals surface area (Å²) in [4.78, 5) is 48.7. The molecule has 2 aliphatic rings. The molecule has 0 aliphatic carbocycles. The van der Waals surface area contributed by atoms with Gasteiger partial charge in [0.2, 0.25) is 11.8 Å². The summed E-state index contributed by atoms with van der Waals surface area (Å²) in [6.45, 7) is 3.57. The van der Waals surface area contributed by atoms with Crippen molar-refractivity contribution in [1.82, 2.24) is 19.2 Å². The van der Waals surface area contributed by atoms with Crippen LogP contribution < -0.4 is 10.5 Å². The number of hydrogen-bond acceptors (Lipinski definition) is 6. The predicted octanol–water partition coefficient (Wildman–Crippen LogP) is 2.11. The van der Waals surface area contributed by atoms with Crippen molar-refractivity contribution in [3.63, 3.8) is 0 Å². The largest absolute Gasteiger partial charge is 0.340 e. The van der Waals surface area contributed by atoms with Gasteiger partial charge in [-0.3, -0.25) is 23.7 Å². The standard InChI is InChI=1S/C22H22ClN5O3S/c23-16-2-1-3-18(11-16)28-13-15(10-19(28)29)21(31)26-6-4-25(5-7-26)14-17-12-20(30)27-8-9-32-22(27)24-17/h1-3,8-9,11-12,15H,4-7,10,13-14H2. The van der Waals surface area contributed by atoms with E-state index in [0.717, 1.165) is 11.4 Å². The summed E-state index contributed by atoms with van der Waals surface area (Å²) in [6, 6.07) is 8.73. The average Bonchev–Trinajstić information content (AvgIpc) is 3.41. The molecule has 32 heavy (non-hydrogen) atoms. The molecule has 8 nitrogen and oxygen atoms in total. The summed E-state index contributed by atoms with van der Waals surface area (Å²) in [5.74, 6) is -0.361. The molecule has 166 valence electrons. The monoisotopic (exact) mass is 471 g/mol. The van der Waals surface area contributed by atoms with E-state index in [4.69, 9.17) is 11.6 Å². The number of rotatable bonds is 4. The maximum Gasteiger partial charge on any atom is 0.258 e. The van der Waals surface area contributed by atoms with Crippen LogP contribution in [-0.2, 0) is 16.1 Å². The van der Waals surface area contributed by atoms with E-state index in [1.165, 1.54) is 11.3 Å². The zero-order chi connectivity index (χ0) is 22.2. The Bertz CT molecular complexity index is 1230. The first-order chi connectivity index (χ1) is 15.5. The van der Waals surface area contributed by atoms with Crippen molar-refractivity contribution >= 4 is 45.4 Å². The average molecular weight is 472 g/mol. The quantitative estimate of drug-likeness (QED) is 0.582. The second-order valence-corrected chi connectivity index (χ2v) is 9.44. The lowest BCUT2D eigenvalue weighted by Crippen LogP contribution is -2.50. The van der Waals surface area contributed by atoms with Crippen LogP contribution in [0.3, 0.4) is 0 Å². The number of hydrogen-bond donors (Lipinski definition) is 0. The molecule has 2 fully saturated rings. The highest BCUT2D eigenvalue weighted by Crippen LogP contribution is 2.28. The third kappa shape index (κ3) is 4.15. The minimum absolute atomic E-state index is 0.0268. The minimum Gasteiger partial charge on any atom is -0.340 e. The second kappa shape index (κ2) is 8.65. The van der Waals surface area contributed by atoms with Crippen LogP contribution >= 0.6 is 22.9 Å². The minimum atomic E-state index is -0.337. The Labute approximate surface area is 193 Å². The Hall–Kier alpha value is -2.75. The fraction of sp³-hybridized carbons (Fsp3) is 0.364. The zero-order valence-electron chi connectivity index (χ0n) is 17.3. The van der Waals surface area contributed by atoms with Gasteiger partial charge < -0.3 is 9.80 Å². The van der Waals surface area contributed by atoms with Crippen LogP contribution in [-0.4, -0.2) is 63.7 Å². The first-order valence-corrected chi connectivity index (χ1v) is 11.8. The third-order valence-electron chi connectivity index (χ3n) is 6.02. The molecule has 4 heterocycles. The van der Waals surface area contributed by atoms with Crippen LogP contribution in [0.1, 0.15) is 12.1 Å². The lowest BCUT2D eigenvalue weighted by Gasteiger charge is -2.35. The maximum absolute atomic E-state index is 13.1. The number of aromatic nitrogens is 2. The number of carbonyl (C=O) groups is 2. The zero-order valence-corrected chi connectivity index (χ0v) is 18.9. The van der Waals surface area contributed by atoms with E-state index in [2.05, 4.69) is 9.88 Å². The van der Waals surface area contributed by atoms with Crippen LogP contribution in [0.4, 0.5) is 5.69 Å². The molecule has 1 aromatic carbocycles. The smallest absolute Gasteiger partial charge is 0.258 e. The Morgan fingerprint density at radius 1 is 1.16 bits per heavy atom. The molecule has 0 radical (unpaired) electrons. The van der Waals surface area contributed by atoms with Crippen molar-refractivity contribution in [3.8, 4) is 0 Å². The van der Waals surface area contributed by atoms with Gasteiger partial charge >= 0.3 is 0 Å². The van der Waals surface area contributed by atoms with Gasteiger partial charge in [0.05, 0.1) is 11.6 Å². The normalized spacial score (nSPS) is 19.8. The Morgan fingerprint density at radius 2 is 1.97 bits per heavy atom. The summed E-state index contributed by atoms with van der Waals surface area (Å²) in [5.41, 5.74) is 1.40. The highest BCUT2D eigenvalue weighted by Gasteiger charge is 2.38. The van der Waals surface area contributed by atoms with E-state index in [1.807, 2.05) is 16.3 Å². The summed E-state index contributed by atoms with van der Waals surface area (Å²) in [6.07, 6.45) is 1.95. The number of nitrogens with zero attached hydrogens (tertiary/aromatic N) is 5. The summed E-state index contributed by atoms with van der Waals surface area (Å²) in [5, 5.41) is 2.41. The van der Waals surface area contributed by atoms with E-state index >= 15 is 0 Å². The van der Waals surface area contributed by atoms with Gasteiger partial charge in [0.1, 0.15) is 0 Å². The number of anilines is 1. The first-order valence-electron chi connectivity index (χ1n) is 10.5. The molecule has 0 bridgehead atoms. The fourth-order valence-corrected chi connectivity index (χ4v) is 5.27. The molecule has 2 amide bonds. The van der Waals surface area contributed by atoms with Gasteiger partial charge in [-0.1, -0.05) is 17.7 Å². The molecule has 0 spiro atoms. The van der Waals surface area contributed by atoms with Crippen LogP contribution in [0.15, 0.2) is 46.7 Å². The van der Waals surface area contributed by atoms with E-state index in [1.54, 1.807) is 39.8 Å². The predicted molar refractivity (Wildman–Crippen MR) is 123 cm³/mol. The van der Waals surface area contributed by atoms with Crippen molar-refractivity contribution in [1.29, 1.82) is 0 Å². The number of carbonyl (C=O) groups excluding carboxylic acids is 2. The number of fused-ring (bicyclic) bond motifs is 1. The fourth-order valence-electron chi connectivity index (χ4n) is 4.35. The number of amides is 2. The highest BCUT2D eigenvalue weighted by atomic mass is 35.5. The van der Waals surface area contributed by atoms with Crippen molar-refractivity contribution in [2.24, 2.45) is 5.92 Å². The summed E-state index contributed by atoms with van der Waals surface area (Å²) >= 11 is 7.49. The lowest BCUT2D eigenvalue weighted by molar-refractivity contribution is -0.137. The SMILES string of the molecule is O=C(C1CC(=O)N(c2cccc(Cl)c2)C1)N1CCN(Cc2cc(=O)n3ccsc3n2)CC1. The molecule has 1 atom stereocenters. The van der Waals surface area contributed by atoms with Crippen molar-refractivity contribution in [2.45, 2.75) is 13.0 Å². The first kappa shape index (κ1) is 21.1. The molecule has 2 aliphatic heterocycles. The number of halogens is 1. The van der Waals surface area contributed by atoms with E-state index < -0.39 is 0 Å². The molecule has 10 heteroatoms. The molecular formula is C22H22ClN5O3S. The molecule has 2 aromatic heterocycles. The van der Waals surface area contributed by atoms with Gasteiger partial charge in [-0.2, -0.15) is 0 Å². The van der Waals surface area contributed by atoms with Crippen LogP contribution in [0.5, 0.6) is 0 Å². The van der Waals surface area contributed by atoms with E-state index in [9.17, 15) is 14.4 Å². The van der Waals surface area contributed by atoms with Gasteiger partial charge in [-0.25, -0.2) is 4.98 Å². The highest BCUT2D eigenvalue weighted by molar-refractivity contribution is 7.15. The summed E-state index contributed by atoms with van der Waals surface area (Å²) < 4.78 is 1.54. The molecule has 2 saturated heterocycles. The van der Waals surface area contributed by atoms with Crippen LogP contribution in [0.2, 0.25) is 5.02 Å². The van der Waals surface area contributed by atoms with Gasteiger partial charge in [0, 0.05) is 74.0 Å². The molecule has 3 aromatic rings. The lowest BCUT2D eigenvalue weighted by atomic mass is 10.1. The van der Waals surface area contributed by atoms with Gasteiger partial charge in [-0.15, -0.1) is 11.3 Å². The topological polar surface area (TPSA) is 78.2 Å². The molecular weight excluding hydrogens is 450 g/mol. The van der Waals surface area contributed by atoms with E-state index in [-0.39, 0.29) is 29.7 Å². The Balaban J connectivity index is 1.18. The number of benzene rings is 1. The molecule has 1 unspecified atom stereocenters. The summed E-state index contributed by atoms with van der Waals surface area (Å²) in [7, 11) is 0. The van der Waals surface area contributed by atoms with Crippen molar-refractivity contribution < 1.29 is 9.59 Å². The second-order valence-electron chi connectivity index (χ2n) is 8.13. The Kier molecular flexibility index (Phi) is 5.71. The number of piperazine rings is 1. The molecule has 0 N–H and O–H groups in total. The van der Waals surface area contributed by atoms with Crippen LogP contribution in [0, 0.1) is 5.92 Å². The Morgan fingerprint density at radius 3 is 2.75 bits per heavy atom. The third-order valence-corrected chi connectivity index (χ3v) is 7.01. The molecule has 0 saturated carbocycles. The van der Waals surface area contributed by atoms with E-state index in [0.29, 0.717) is 49.3 Å². The molecule has 5 rings (SSSR count).